The minimum Gasteiger partial charge on any atom is -0.477 e. The molecule has 10 heteroatoms. The van der Waals surface area contributed by atoms with Crippen LogP contribution in [0.3, 0.4) is 0 Å². The van der Waals surface area contributed by atoms with Crippen molar-refractivity contribution in [2.24, 2.45) is 0 Å². The van der Waals surface area contributed by atoms with Gasteiger partial charge in [-0.2, -0.15) is 0 Å². The second kappa shape index (κ2) is 11.9. The Labute approximate surface area is 165 Å². The Kier molecular flexibility index (Phi) is 10.2. The van der Waals surface area contributed by atoms with E-state index in [0.29, 0.717) is 5.02 Å². The third kappa shape index (κ3) is 8.64. The molecule has 1 aromatic carbocycles. The van der Waals surface area contributed by atoms with Crippen molar-refractivity contribution in [3.05, 3.63) is 28.2 Å². The Morgan fingerprint density at radius 3 is 2.54 bits per heavy atom. The number of hydrogen-bond acceptors (Lipinski definition) is 8. The lowest BCUT2D eigenvalue weighted by molar-refractivity contribution is -0.158. The summed E-state index contributed by atoms with van der Waals surface area (Å²) in [6.45, 7) is 2.87. The fraction of sp³-hybridized carbons (Fsp3) is 0.438. The van der Waals surface area contributed by atoms with Crippen LogP contribution in [0.5, 0.6) is 5.75 Å². The molecule has 0 fully saturated rings. The Hall–Kier alpha value is -1.64. The molecule has 0 heterocycles. The number of halogens is 2. The minimum absolute atomic E-state index is 0.0835. The van der Waals surface area contributed by atoms with Crippen LogP contribution in [0.4, 0.5) is 4.79 Å². The van der Waals surface area contributed by atoms with Gasteiger partial charge in [-0.05, 0) is 43.8 Å². The van der Waals surface area contributed by atoms with E-state index < -0.39 is 30.1 Å². The molecule has 0 saturated carbocycles. The van der Waals surface area contributed by atoms with Gasteiger partial charge in [0.2, 0.25) is 6.79 Å². The fourth-order valence-electron chi connectivity index (χ4n) is 1.55. The van der Waals surface area contributed by atoms with Crippen molar-refractivity contribution in [2.45, 2.75) is 26.4 Å². The largest absolute Gasteiger partial charge is 0.477 e. The van der Waals surface area contributed by atoms with Crippen LogP contribution in [0.1, 0.15) is 20.3 Å². The van der Waals surface area contributed by atoms with Crippen molar-refractivity contribution in [2.75, 3.05) is 19.2 Å². The first-order valence-corrected chi connectivity index (χ1v) is 9.31. The second-order valence-corrected chi connectivity index (χ2v) is 6.59. The number of hydrogen-bond donors (Lipinski definition) is 0. The number of esters is 2. The molecule has 1 unspecified atom stereocenters. The average Bonchev–Trinajstić information content (AvgIpc) is 2.57. The maximum absolute atomic E-state index is 11.8. The molecule has 0 aliphatic heterocycles. The lowest BCUT2D eigenvalue weighted by Crippen LogP contribution is -2.27. The van der Waals surface area contributed by atoms with Crippen molar-refractivity contribution in [1.29, 1.82) is 0 Å². The zero-order chi connectivity index (χ0) is 19.5. The quantitative estimate of drug-likeness (QED) is 0.432. The number of thioether (sulfide) groups is 1. The van der Waals surface area contributed by atoms with Crippen molar-refractivity contribution in [3.8, 4) is 5.75 Å². The first kappa shape index (κ1) is 22.4. The second-order valence-electron chi connectivity index (χ2n) is 4.71. The summed E-state index contributed by atoms with van der Waals surface area (Å²) in [4.78, 5) is 34.4. The van der Waals surface area contributed by atoms with Crippen LogP contribution in [0.15, 0.2) is 18.2 Å². The highest BCUT2D eigenvalue weighted by Crippen LogP contribution is 2.28. The minimum atomic E-state index is -0.969. The van der Waals surface area contributed by atoms with Crippen molar-refractivity contribution in [1.82, 2.24) is 0 Å². The SMILES string of the molecule is CCOC(=O)CCSC(=O)OCOC(=O)C(C)Oc1ccc(Cl)cc1Cl. The number of ether oxygens (including phenoxy) is 4. The van der Waals surface area contributed by atoms with Crippen LogP contribution in [-0.2, 0) is 23.8 Å². The molecular weight excluding hydrogens is 407 g/mol. The third-order valence-electron chi connectivity index (χ3n) is 2.74. The third-order valence-corrected chi connectivity index (χ3v) is 4.03. The molecule has 0 saturated heterocycles. The molecule has 1 aromatic rings. The molecule has 7 nitrogen and oxygen atoms in total. The van der Waals surface area contributed by atoms with Gasteiger partial charge in [-0.3, -0.25) is 4.79 Å². The number of rotatable bonds is 9. The van der Waals surface area contributed by atoms with Crippen molar-refractivity contribution < 1.29 is 33.3 Å². The van der Waals surface area contributed by atoms with E-state index in [1.165, 1.54) is 19.1 Å². The molecule has 1 atom stereocenters. The summed E-state index contributed by atoms with van der Waals surface area (Å²) in [6, 6.07) is 4.57. The van der Waals surface area contributed by atoms with Crippen LogP contribution in [0.2, 0.25) is 10.0 Å². The molecule has 1 rings (SSSR count). The maximum Gasteiger partial charge on any atom is 0.370 e. The topological polar surface area (TPSA) is 88.1 Å². The summed E-state index contributed by atoms with van der Waals surface area (Å²) in [5.74, 6) is -0.654. The molecule has 0 aliphatic carbocycles. The van der Waals surface area contributed by atoms with E-state index in [1.807, 2.05) is 0 Å². The van der Waals surface area contributed by atoms with Gasteiger partial charge in [-0.15, -0.1) is 0 Å². The normalized spacial score (nSPS) is 11.4. The van der Waals surface area contributed by atoms with E-state index >= 15 is 0 Å². The zero-order valence-electron chi connectivity index (χ0n) is 14.2. The summed E-state index contributed by atoms with van der Waals surface area (Å²) in [5.41, 5.74) is 0. The molecule has 0 bridgehead atoms. The summed E-state index contributed by atoms with van der Waals surface area (Å²) in [6.07, 6.45) is -0.885. The predicted molar refractivity (Wildman–Crippen MR) is 97.7 cm³/mol. The first-order chi connectivity index (χ1) is 12.3. The average molecular weight is 425 g/mol. The van der Waals surface area contributed by atoms with Crippen LogP contribution >= 0.6 is 35.0 Å². The Morgan fingerprint density at radius 1 is 1.15 bits per heavy atom. The summed E-state index contributed by atoms with van der Waals surface area (Å²) in [7, 11) is 0. The predicted octanol–water partition coefficient (Wildman–Crippen LogP) is 4.08. The van der Waals surface area contributed by atoms with E-state index in [9.17, 15) is 14.4 Å². The fourth-order valence-corrected chi connectivity index (χ4v) is 2.57. The van der Waals surface area contributed by atoms with Crippen LogP contribution in [0.25, 0.3) is 0 Å². The molecule has 144 valence electrons. The van der Waals surface area contributed by atoms with E-state index in [-0.39, 0.29) is 29.6 Å². The van der Waals surface area contributed by atoms with E-state index in [4.69, 9.17) is 42.1 Å². The van der Waals surface area contributed by atoms with Gasteiger partial charge in [-0.25, -0.2) is 9.59 Å². The molecule has 0 N–H and O–H groups in total. The summed E-state index contributed by atoms with van der Waals surface area (Å²) in [5, 5.41) is 0.0166. The molecular formula is C16H18Cl2O7S. The van der Waals surface area contributed by atoms with Crippen molar-refractivity contribution in [3.63, 3.8) is 0 Å². The maximum atomic E-state index is 11.8. The van der Waals surface area contributed by atoms with Gasteiger partial charge in [0.05, 0.1) is 18.1 Å². The number of benzene rings is 1. The van der Waals surface area contributed by atoms with Crippen molar-refractivity contribution >= 4 is 52.2 Å². The number of carbonyl (C=O) groups excluding carboxylic acids is 3. The lowest BCUT2D eigenvalue weighted by atomic mass is 10.3. The van der Waals surface area contributed by atoms with Crippen LogP contribution < -0.4 is 4.74 Å². The standard InChI is InChI=1S/C16H18Cl2O7S/c1-3-22-14(19)6-7-26-16(21)24-9-23-15(20)10(2)25-13-5-4-11(17)8-12(13)18/h4-5,8,10H,3,6-7,9H2,1-2H3. The highest BCUT2D eigenvalue weighted by atomic mass is 35.5. The Balaban J connectivity index is 2.26. The van der Waals surface area contributed by atoms with Gasteiger partial charge in [0.15, 0.2) is 6.10 Å². The molecule has 0 amide bonds. The highest BCUT2D eigenvalue weighted by molar-refractivity contribution is 8.13. The molecule has 26 heavy (non-hydrogen) atoms. The van der Waals surface area contributed by atoms with Gasteiger partial charge in [0, 0.05) is 10.8 Å². The van der Waals surface area contributed by atoms with Crippen LogP contribution in [-0.4, -0.2) is 42.5 Å². The summed E-state index contributed by atoms with van der Waals surface area (Å²) >= 11 is 12.5. The van der Waals surface area contributed by atoms with Gasteiger partial charge in [0.1, 0.15) is 5.75 Å². The lowest BCUT2D eigenvalue weighted by Gasteiger charge is -2.15. The van der Waals surface area contributed by atoms with Crippen LogP contribution in [0, 0.1) is 0 Å². The monoisotopic (exact) mass is 424 g/mol. The molecule has 0 radical (unpaired) electrons. The highest BCUT2D eigenvalue weighted by Gasteiger charge is 2.18. The van der Waals surface area contributed by atoms with E-state index in [0.717, 1.165) is 11.8 Å². The van der Waals surface area contributed by atoms with Gasteiger partial charge < -0.3 is 18.9 Å². The van der Waals surface area contributed by atoms with E-state index in [2.05, 4.69) is 0 Å². The molecule has 0 aliphatic rings. The van der Waals surface area contributed by atoms with Gasteiger partial charge >= 0.3 is 17.2 Å². The number of carbonyl (C=O) groups is 3. The van der Waals surface area contributed by atoms with Gasteiger partial charge in [0.25, 0.3) is 0 Å². The Bertz CT molecular complexity index is 639. The smallest absolute Gasteiger partial charge is 0.370 e. The first-order valence-electron chi connectivity index (χ1n) is 7.57. The molecule has 0 spiro atoms. The van der Waals surface area contributed by atoms with E-state index in [1.54, 1.807) is 13.0 Å². The zero-order valence-corrected chi connectivity index (χ0v) is 16.5. The Morgan fingerprint density at radius 2 is 1.88 bits per heavy atom. The summed E-state index contributed by atoms with van der Waals surface area (Å²) < 4.78 is 19.6. The van der Waals surface area contributed by atoms with Gasteiger partial charge in [-0.1, -0.05) is 23.2 Å². The molecule has 0 aromatic heterocycles.